The molecule has 1 atom stereocenters. The molecule has 4 heteroatoms. The van der Waals surface area contributed by atoms with Gasteiger partial charge >= 0.3 is 0 Å². The molecule has 1 aromatic carbocycles. The zero-order chi connectivity index (χ0) is 14.4. The highest BCUT2D eigenvalue weighted by molar-refractivity contribution is 6.34. The summed E-state index contributed by atoms with van der Waals surface area (Å²) in [6.07, 6.45) is 7.64. The molecule has 2 nitrogen and oxygen atoms in total. The molecule has 2 rings (SSSR count). The van der Waals surface area contributed by atoms with Crippen LogP contribution in [0.1, 0.15) is 38.5 Å². The summed E-state index contributed by atoms with van der Waals surface area (Å²) in [7, 11) is 2.00. The Bertz CT molecular complexity index is 421. The van der Waals surface area contributed by atoms with Gasteiger partial charge in [0.2, 0.25) is 0 Å². The van der Waals surface area contributed by atoms with E-state index < -0.39 is 0 Å². The van der Waals surface area contributed by atoms with Gasteiger partial charge in [0, 0.05) is 11.1 Å². The molecule has 0 bridgehead atoms. The molecule has 0 spiro atoms. The second-order valence-corrected chi connectivity index (χ2v) is 6.37. The second kappa shape index (κ2) is 8.11. The number of nitrogens with one attached hydrogen (secondary N) is 1. The van der Waals surface area contributed by atoms with Crippen molar-refractivity contribution in [2.45, 2.75) is 44.6 Å². The first-order valence-electron chi connectivity index (χ1n) is 7.47. The van der Waals surface area contributed by atoms with E-state index in [2.05, 4.69) is 5.32 Å². The number of benzene rings is 1. The third kappa shape index (κ3) is 5.16. The maximum Gasteiger partial charge on any atom is 0.139 e. The lowest BCUT2D eigenvalue weighted by Gasteiger charge is -2.19. The van der Waals surface area contributed by atoms with E-state index in [0.29, 0.717) is 22.1 Å². The molecule has 0 aliphatic heterocycles. The zero-order valence-corrected chi connectivity index (χ0v) is 13.5. The fourth-order valence-electron chi connectivity index (χ4n) is 2.41. The molecule has 0 aromatic heterocycles. The van der Waals surface area contributed by atoms with E-state index in [1.54, 1.807) is 12.1 Å². The predicted molar refractivity (Wildman–Crippen MR) is 86.0 cm³/mol. The average Bonchev–Trinajstić information content (AvgIpc) is 3.25. The van der Waals surface area contributed by atoms with Crippen LogP contribution < -0.4 is 10.1 Å². The SMILES string of the molecule is CNCCCCCC(Oc1cc(Cl)ccc1Cl)C1CC1. The van der Waals surface area contributed by atoms with Gasteiger partial charge in [-0.25, -0.2) is 0 Å². The van der Waals surface area contributed by atoms with E-state index in [1.165, 1.54) is 32.1 Å². The third-order valence-corrected chi connectivity index (χ3v) is 4.28. The number of unbranched alkanes of at least 4 members (excludes halogenated alkanes) is 2. The van der Waals surface area contributed by atoms with Crippen LogP contribution in [-0.2, 0) is 0 Å². The minimum absolute atomic E-state index is 0.292. The van der Waals surface area contributed by atoms with Crippen molar-refractivity contribution in [2.75, 3.05) is 13.6 Å². The first kappa shape index (κ1) is 15.9. The Morgan fingerprint density at radius 2 is 2.05 bits per heavy atom. The summed E-state index contributed by atoms with van der Waals surface area (Å²) < 4.78 is 6.12. The van der Waals surface area contributed by atoms with Crippen LogP contribution in [0.25, 0.3) is 0 Å². The summed E-state index contributed by atoms with van der Waals surface area (Å²) in [4.78, 5) is 0. The molecule has 20 heavy (non-hydrogen) atoms. The Labute approximate surface area is 131 Å². The Hall–Kier alpha value is -0.440. The minimum Gasteiger partial charge on any atom is -0.489 e. The van der Waals surface area contributed by atoms with E-state index in [0.717, 1.165) is 18.7 Å². The minimum atomic E-state index is 0.292. The summed E-state index contributed by atoms with van der Waals surface area (Å²) in [5.74, 6) is 1.43. The van der Waals surface area contributed by atoms with Crippen LogP contribution in [0.5, 0.6) is 5.75 Å². The van der Waals surface area contributed by atoms with Gasteiger partial charge in [-0.3, -0.25) is 0 Å². The van der Waals surface area contributed by atoms with Crippen LogP contribution in [0, 0.1) is 5.92 Å². The normalized spacial score (nSPS) is 16.1. The Morgan fingerprint density at radius 3 is 2.75 bits per heavy atom. The zero-order valence-electron chi connectivity index (χ0n) is 12.0. The second-order valence-electron chi connectivity index (χ2n) is 5.52. The summed E-state index contributed by atoms with van der Waals surface area (Å²) >= 11 is 12.2. The van der Waals surface area contributed by atoms with E-state index in [-0.39, 0.29) is 0 Å². The van der Waals surface area contributed by atoms with E-state index in [1.807, 2.05) is 13.1 Å². The van der Waals surface area contributed by atoms with Crippen LogP contribution in [0.4, 0.5) is 0 Å². The van der Waals surface area contributed by atoms with E-state index >= 15 is 0 Å². The highest BCUT2D eigenvalue weighted by Gasteiger charge is 2.32. The Morgan fingerprint density at radius 1 is 1.25 bits per heavy atom. The van der Waals surface area contributed by atoms with Gasteiger partial charge < -0.3 is 10.1 Å². The molecular weight excluding hydrogens is 293 g/mol. The number of hydrogen-bond acceptors (Lipinski definition) is 2. The first-order valence-corrected chi connectivity index (χ1v) is 8.22. The lowest BCUT2D eigenvalue weighted by atomic mass is 10.1. The molecule has 1 fully saturated rings. The standard InChI is InChI=1S/C16H23Cl2NO/c1-19-10-4-2-3-5-15(12-6-7-12)20-16-11-13(17)8-9-14(16)18/h8-9,11-12,15,19H,2-7,10H2,1H3. The maximum atomic E-state index is 6.18. The molecule has 1 N–H and O–H groups in total. The molecule has 1 saturated carbocycles. The smallest absolute Gasteiger partial charge is 0.139 e. The maximum absolute atomic E-state index is 6.18. The molecule has 0 amide bonds. The van der Waals surface area contributed by atoms with Crippen molar-refractivity contribution in [3.05, 3.63) is 28.2 Å². The molecule has 1 aliphatic carbocycles. The topological polar surface area (TPSA) is 21.3 Å². The Balaban J connectivity index is 1.84. The summed E-state index contributed by atoms with van der Waals surface area (Å²) in [6, 6.07) is 5.41. The fraction of sp³-hybridized carbons (Fsp3) is 0.625. The molecule has 112 valence electrons. The third-order valence-electron chi connectivity index (χ3n) is 3.73. The lowest BCUT2D eigenvalue weighted by Crippen LogP contribution is -2.19. The van der Waals surface area contributed by atoms with Crippen LogP contribution in [-0.4, -0.2) is 19.7 Å². The first-order chi connectivity index (χ1) is 9.70. The predicted octanol–water partition coefficient (Wildman–Crippen LogP) is 4.93. The van der Waals surface area contributed by atoms with Gasteiger partial charge in [0.15, 0.2) is 0 Å². The molecule has 1 aliphatic rings. The summed E-state index contributed by atoms with van der Waals surface area (Å²) in [5, 5.41) is 4.50. The van der Waals surface area contributed by atoms with Gasteiger partial charge in [-0.05, 0) is 63.7 Å². The van der Waals surface area contributed by atoms with Gasteiger partial charge in [-0.2, -0.15) is 0 Å². The van der Waals surface area contributed by atoms with Crippen molar-refractivity contribution >= 4 is 23.2 Å². The van der Waals surface area contributed by atoms with Gasteiger partial charge in [-0.15, -0.1) is 0 Å². The van der Waals surface area contributed by atoms with Crippen LogP contribution in [0.3, 0.4) is 0 Å². The van der Waals surface area contributed by atoms with E-state index in [4.69, 9.17) is 27.9 Å². The van der Waals surface area contributed by atoms with Crippen LogP contribution in [0.15, 0.2) is 18.2 Å². The highest BCUT2D eigenvalue weighted by atomic mass is 35.5. The number of ether oxygens (including phenoxy) is 1. The largest absolute Gasteiger partial charge is 0.489 e. The summed E-state index contributed by atoms with van der Waals surface area (Å²) in [5.41, 5.74) is 0. The fourth-order valence-corrected chi connectivity index (χ4v) is 2.74. The lowest BCUT2D eigenvalue weighted by molar-refractivity contribution is 0.164. The average molecular weight is 316 g/mol. The molecule has 0 heterocycles. The number of rotatable bonds is 9. The van der Waals surface area contributed by atoms with Gasteiger partial charge in [0.05, 0.1) is 5.02 Å². The van der Waals surface area contributed by atoms with Crippen molar-refractivity contribution in [1.29, 1.82) is 0 Å². The van der Waals surface area contributed by atoms with Crippen molar-refractivity contribution in [3.63, 3.8) is 0 Å². The quantitative estimate of drug-likeness (QED) is 0.652. The van der Waals surface area contributed by atoms with Crippen molar-refractivity contribution in [3.8, 4) is 5.75 Å². The van der Waals surface area contributed by atoms with Crippen molar-refractivity contribution in [2.24, 2.45) is 5.92 Å². The summed E-state index contributed by atoms with van der Waals surface area (Å²) in [6.45, 7) is 1.09. The molecule has 0 radical (unpaired) electrons. The number of hydrogen-bond donors (Lipinski definition) is 1. The van der Waals surface area contributed by atoms with E-state index in [9.17, 15) is 0 Å². The Kier molecular flexibility index (Phi) is 6.47. The van der Waals surface area contributed by atoms with Gasteiger partial charge in [0.1, 0.15) is 11.9 Å². The highest BCUT2D eigenvalue weighted by Crippen LogP contribution is 2.39. The van der Waals surface area contributed by atoms with Crippen molar-refractivity contribution < 1.29 is 4.74 Å². The van der Waals surface area contributed by atoms with Gasteiger partial charge in [0.25, 0.3) is 0 Å². The van der Waals surface area contributed by atoms with Crippen LogP contribution >= 0.6 is 23.2 Å². The molecule has 0 saturated heterocycles. The molecule has 1 unspecified atom stereocenters. The monoisotopic (exact) mass is 315 g/mol. The van der Waals surface area contributed by atoms with Crippen molar-refractivity contribution in [1.82, 2.24) is 5.32 Å². The molecule has 1 aromatic rings. The molecular formula is C16H23Cl2NO. The number of halogens is 2. The van der Waals surface area contributed by atoms with Crippen LogP contribution in [0.2, 0.25) is 10.0 Å². The van der Waals surface area contributed by atoms with Gasteiger partial charge in [-0.1, -0.05) is 29.6 Å².